The Morgan fingerprint density at radius 2 is 2.07 bits per heavy atom. The topological polar surface area (TPSA) is 140 Å². The first-order chi connectivity index (χ1) is 20.9. The average molecular weight is 600 g/mol. The van der Waals surface area contributed by atoms with Crippen molar-refractivity contribution in [3.05, 3.63) is 71.4 Å². The number of nitrogens with zero attached hydrogens (tertiary/aromatic N) is 4. The first-order valence-electron chi connectivity index (χ1n) is 14.4. The van der Waals surface area contributed by atoms with Gasteiger partial charge in [-0.15, -0.1) is 0 Å². The Labute approximate surface area is 254 Å². The number of carbonyl (C=O) groups excluding carboxylic acids is 3. The zero-order chi connectivity index (χ0) is 30.1. The zero-order valence-corrected chi connectivity index (χ0v) is 24.6. The van der Waals surface area contributed by atoms with E-state index in [-0.39, 0.29) is 41.1 Å². The molecule has 5 atom stereocenters. The summed E-state index contributed by atoms with van der Waals surface area (Å²) in [6.07, 6.45) is 3.37. The highest BCUT2D eigenvalue weighted by Gasteiger charge is 2.52. The molecule has 0 aliphatic carbocycles. The number of rotatable bonds is 8. The van der Waals surface area contributed by atoms with Crippen LogP contribution in [0.4, 0.5) is 10.5 Å². The monoisotopic (exact) mass is 599 g/mol. The Balaban J connectivity index is 1.20. The fourth-order valence-electron chi connectivity index (χ4n) is 6.40. The Morgan fingerprint density at radius 1 is 1.26 bits per heavy atom. The molecule has 5 heterocycles. The molecule has 3 N–H and O–H groups in total. The molecule has 0 saturated carbocycles. The maximum atomic E-state index is 13.7. The van der Waals surface area contributed by atoms with Gasteiger partial charge in [-0.3, -0.25) is 19.4 Å². The number of para-hydroxylation sites is 1. The number of aryl methyl sites for hydroxylation is 1. The summed E-state index contributed by atoms with van der Waals surface area (Å²) in [7, 11) is 0. The van der Waals surface area contributed by atoms with Crippen molar-refractivity contribution >= 4 is 35.2 Å². The van der Waals surface area contributed by atoms with Crippen molar-refractivity contribution in [1.29, 1.82) is 5.26 Å². The van der Waals surface area contributed by atoms with E-state index in [0.29, 0.717) is 53.2 Å². The van der Waals surface area contributed by atoms with Gasteiger partial charge in [-0.05, 0) is 63.6 Å². The van der Waals surface area contributed by atoms with E-state index in [2.05, 4.69) is 33.6 Å². The second-order valence-corrected chi connectivity index (χ2v) is 12.2. The number of carbonyl (C=O) groups is 3. The van der Waals surface area contributed by atoms with Crippen LogP contribution in [-0.4, -0.2) is 70.7 Å². The second kappa shape index (κ2) is 12.2. The van der Waals surface area contributed by atoms with Crippen LogP contribution in [0.1, 0.15) is 25.0 Å². The second-order valence-electron chi connectivity index (χ2n) is 11.0. The van der Waals surface area contributed by atoms with Gasteiger partial charge < -0.3 is 20.7 Å². The molecule has 0 bridgehead atoms. The molecule has 3 amide bonds. The number of likely N-dealkylation sites (tertiary alicyclic amines) is 1. The minimum absolute atomic E-state index is 0.0670. The normalized spacial score (nSPS) is 25.7. The highest BCUT2D eigenvalue weighted by molar-refractivity contribution is 8.04. The summed E-state index contributed by atoms with van der Waals surface area (Å²) in [6, 6.07) is 13.5. The van der Waals surface area contributed by atoms with E-state index >= 15 is 0 Å². The average Bonchev–Trinajstić information content (AvgIpc) is 3.38. The SMILES string of the molecule is C=CC(=O)C(C#N)N1CCC[C@@H](NC(=O)C2=C3NC(=O)N(c4ccc(Oc5ccccc5)nc4C)C4CCNC(S2)C34)C1. The number of benzene rings is 1. The molecule has 3 saturated heterocycles. The lowest BCUT2D eigenvalue weighted by Crippen LogP contribution is -2.62. The Morgan fingerprint density at radius 3 is 2.81 bits per heavy atom. The number of anilines is 1. The van der Waals surface area contributed by atoms with Crippen LogP contribution in [0.2, 0.25) is 0 Å². The number of thioether (sulfide) groups is 1. The van der Waals surface area contributed by atoms with Gasteiger partial charge >= 0.3 is 6.03 Å². The van der Waals surface area contributed by atoms with Crippen LogP contribution in [0.3, 0.4) is 0 Å². The van der Waals surface area contributed by atoms with Crippen molar-refractivity contribution < 1.29 is 19.1 Å². The molecule has 0 radical (unpaired) electrons. The summed E-state index contributed by atoms with van der Waals surface area (Å²) in [5.74, 6) is 0.427. The molecule has 43 heavy (non-hydrogen) atoms. The number of nitrogens with one attached hydrogen (secondary N) is 3. The van der Waals surface area contributed by atoms with Gasteiger partial charge in [0.25, 0.3) is 5.91 Å². The Hall–Kier alpha value is -4.18. The molecule has 4 aliphatic heterocycles. The maximum absolute atomic E-state index is 13.7. The van der Waals surface area contributed by atoms with E-state index < -0.39 is 6.04 Å². The lowest BCUT2D eigenvalue weighted by molar-refractivity contribution is -0.118. The fraction of sp³-hybridized carbons (Fsp3) is 0.387. The van der Waals surface area contributed by atoms with Gasteiger partial charge in [0, 0.05) is 30.3 Å². The number of ketones is 1. The number of piperidine rings is 2. The van der Waals surface area contributed by atoms with E-state index in [1.165, 1.54) is 17.8 Å². The third-order valence-electron chi connectivity index (χ3n) is 8.35. The number of ether oxygens (including phenoxy) is 1. The summed E-state index contributed by atoms with van der Waals surface area (Å²) in [5.41, 5.74) is 2.01. The minimum Gasteiger partial charge on any atom is -0.439 e. The zero-order valence-electron chi connectivity index (χ0n) is 23.8. The standard InChI is InChI=1S/C31H33N7O4S/c1-3-24(39)23(16-32)37-15-7-8-19(17-37)35-29(40)28-27-26-22(13-14-33-30(26)43-28)38(31(41)36-27)21-11-12-25(34-18(21)2)42-20-9-5-4-6-10-20/h3-6,9-12,19,22-23,26,30,33H,1,7-8,13-15,17H2,2H3,(H,35,40)(H,36,41)/t19-,22?,23?,26?,30?/m1/s1. The van der Waals surface area contributed by atoms with Crippen LogP contribution in [0.25, 0.3) is 0 Å². The lowest BCUT2D eigenvalue weighted by atomic mass is 9.86. The molecule has 11 nitrogen and oxygen atoms in total. The summed E-state index contributed by atoms with van der Waals surface area (Å²) in [5, 5.41) is 19.1. The molecule has 2 aromatic rings. The predicted molar refractivity (Wildman–Crippen MR) is 162 cm³/mol. The smallest absolute Gasteiger partial charge is 0.326 e. The summed E-state index contributed by atoms with van der Waals surface area (Å²) >= 11 is 1.44. The number of aromatic nitrogens is 1. The minimum atomic E-state index is -0.909. The first-order valence-corrected chi connectivity index (χ1v) is 15.3. The molecular weight excluding hydrogens is 566 g/mol. The fourth-order valence-corrected chi connectivity index (χ4v) is 7.80. The molecule has 4 aliphatic rings. The molecular formula is C31H33N7O4S. The molecule has 4 unspecified atom stereocenters. The number of nitriles is 1. The quantitative estimate of drug-likeness (QED) is 0.390. The highest BCUT2D eigenvalue weighted by atomic mass is 32.2. The number of amides is 3. The van der Waals surface area contributed by atoms with E-state index in [0.717, 1.165) is 19.3 Å². The van der Waals surface area contributed by atoms with Crippen molar-refractivity contribution in [2.45, 2.75) is 49.7 Å². The summed E-state index contributed by atoms with van der Waals surface area (Å²) < 4.78 is 5.89. The lowest BCUT2D eigenvalue weighted by Gasteiger charge is -2.46. The van der Waals surface area contributed by atoms with Crippen molar-refractivity contribution in [1.82, 2.24) is 25.8 Å². The third kappa shape index (κ3) is 5.63. The molecule has 222 valence electrons. The van der Waals surface area contributed by atoms with Gasteiger partial charge in [0.2, 0.25) is 5.88 Å². The Kier molecular flexibility index (Phi) is 8.21. The molecule has 0 spiro atoms. The number of urea groups is 1. The van der Waals surface area contributed by atoms with Crippen LogP contribution < -0.4 is 25.6 Å². The molecule has 1 aromatic heterocycles. The highest BCUT2D eigenvalue weighted by Crippen LogP contribution is 2.48. The van der Waals surface area contributed by atoms with E-state index in [9.17, 15) is 19.6 Å². The third-order valence-corrected chi connectivity index (χ3v) is 9.71. The molecule has 12 heteroatoms. The van der Waals surface area contributed by atoms with Crippen molar-refractivity contribution in [3.63, 3.8) is 0 Å². The van der Waals surface area contributed by atoms with E-state index in [1.807, 2.05) is 43.3 Å². The number of hydrogen-bond acceptors (Lipinski definition) is 9. The number of pyridine rings is 1. The Bertz CT molecular complexity index is 1520. The van der Waals surface area contributed by atoms with Crippen LogP contribution >= 0.6 is 11.8 Å². The van der Waals surface area contributed by atoms with Gasteiger partial charge in [0.1, 0.15) is 5.75 Å². The van der Waals surface area contributed by atoms with Crippen LogP contribution in [0, 0.1) is 24.2 Å². The summed E-state index contributed by atoms with van der Waals surface area (Å²) in [6.45, 7) is 7.06. The predicted octanol–water partition coefficient (Wildman–Crippen LogP) is 3.20. The van der Waals surface area contributed by atoms with Gasteiger partial charge in [0.05, 0.1) is 33.8 Å². The first kappa shape index (κ1) is 28.9. The van der Waals surface area contributed by atoms with Crippen LogP contribution in [0.5, 0.6) is 11.6 Å². The van der Waals surface area contributed by atoms with Crippen molar-refractivity contribution in [2.75, 3.05) is 24.5 Å². The van der Waals surface area contributed by atoms with Crippen molar-refractivity contribution in [2.24, 2.45) is 5.92 Å². The van der Waals surface area contributed by atoms with Gasteiger partial charge in [-0.2, -0.15) is 5.26 Å². The molecule has 3 fully saturated rings. The van der Waals surface area contributed by atoms with Gasteiger partial charge in [-0.25, -0.2) is 9.78 Å². The van der Waals surface area contributed by atoms with Gasteiger partial charge in [-0.1, -0.05) is 36.5 Å². The van der Waals surface area contributed by atoms with Crippen LogP contribution in [-0.2, 0) is 9.59 Å². The van der Waals surface area contributed by atoms with E-state index in [4.69, 9.17) is 4.74 Å². The maximum Gasteiger partial charge on any atom is 0.326 e. The number of hydrogen-bond donors (Lipinski definition) is 3. The van der Waals surface area contributed by atoms with E-state index in [1.54, 1.807) is 15.9 Å². The van der Waals surface area contributed by atoms with Gasteiger partial charge in [0.15, 0.2) is 11.8 Å². The summed E-state index contributed by atoms with van der Waals surface area (Å²) in [4.78, 5) is 48.1. The van der Waals surface area contributed by atoms with Crippen LogP contribution in [0.15, 0.2) is 65.7 Å². The largest absolute Gasteiger partial charge is 0.439 e. The molecule has 1 aromatic carbocycles. The van der Waals surface area contributed by atoms with Crippen molar-refractivity contribution in [3.8, 4) is 17.7 Å². The molecule has 6 rings (SSSR count).